The lowest BCUT2D eigenvalue weighted by Gasteiger charge is -2.29. The highest BCUT2D eigenvalue weighted by molar-refractivity contribution is 5.86. The van der Waals surface area contributed by atoms with Crippen molar-refractivity contribution in [1.29, 1.82) is 0 Å². The Balaban J connectivity index is 1.35. The third-order valence-electron chi connectivity index (χ3n) is 8.97. The number of hydrogen-bond donors (Lipinski definition) is 4. The number of benzene rings is 2. The number of ether oxygens (including phenoxy) is 2. The van der Waals surface area contributed by atoms with Gasteiger partial charge in [0, 0.05) is 13.0 Å². The molecule has 0 saturated heterocycles. The number of amides is 3. The molecule has 47 heavy (non-hydrogen) atoms. The van der Waals surface area contributed by atoms with E-state index < -0.39 is 23.6 Å². The summed E-state index contributed by atoms with van der Waals surface area (Å²) in [6.45, 7) is 0.476. The fourth-order valence-corrected chi connectivity index (χ4v) is 6.21. The smallest absolute Gasteiger partial charge is 0.407 e. The van der Waals surface area contributed by atoms with E-state index in [2.05, 4.69) is 16.0 Å². The zero-order valence-corrected chi connectivity index (χ0v) is 27.2. The first-order chi connectivity index (χ1) is 22.9. The van der Waals surface area contributed by atoms with Crippen molar-refractivity contribution in [1.82, 2.24) is 16.0 Å². The average Bonchev–Trinajstić information content (AvgIpc) is 3.55. The van der Waals surface area contributed by atoms with Crippen LogP contribution in [-0.2, 0) is 36.9 Å². The number of nitrogens with one attached hydrogen (secondary N) is 3. The van der Waals surface area contributed by atoms with E-state index in [9.17, 15) is 24.3 Å². The van der Waals surface area contributed by atoms with Crippen LogP contribution in [0.1, 0.15) is 75.3 Å². The second kappa shape index (κ2) is 18.8. The monoisotopic (exact) mass is 647 g/mol. The molecule has 1 aliphatic carbocycles. The highest BCUT2D eigenvalue weighted by atomic mass is 16.5. The van der Waals surface area contributed by atoms with Gasteiger partial charge in [0.2, 0.25) is 11.8 Å². The maximum Gasteiger partial charge on any atom is 0.407 e. The van der Waals surface area contributed by atoms with Crippen LogP contribution in [0.4, 0.5) is 4.79 Å². The quantitative estimate of drug-likeness (QED) is 0.140. The number of unbranched alkanes of at least 4 members (excludes halogenated alkanes) is 1. The number of carbonyl (C=O) groups is 4. The largest absolute Gasteiger partial charge is 0.463 e. The van der Waals surface area contributed by atoms with E-state index in [1.807, 2.05) is 72.8 Å². The van der Waals surface area contributed by atoms with Crippen molar-refractivity contribution in [3.63, 3.8) is 0 Å². The molecule has 0 bridgehead atoms. The molecule has 4 rings (SSSR count). The Labute approximate surface area is 277 Å². The van der Waals surface area contributed by atoms with E-state index in [-0.39, 0.29) is 49.9 Å². The predicted octanol–water partition coefficient (Wildman–Crippen LogP) is 4.75. The number of cyclic esters (lactones) is 1. The summed E-state index contributed by atoms with van der Waals surface area (Å²) in [7, 11) is 0. The predicted molar refractivity (Wildman–Crippen MR) is 178 cm³/mol. The summed E-state index contributed by atoms with van der Waals surface area (Å²) in [5.41, 5.74) is 1.33. The van der Waals surface area contributed by atoms with Crippen molar-refractivity contribution in [3.05, 3.63) is 83.9 Å². The highest BCUT2D eigenvalue weighted by Gasteiger charge is 2.36. The van der Waals surface area contributed by atoms with Gasteiger partial charge in [-0.05, 0) is 62.5 Å². The molecule has 4 N–H and O–H groups in total. The van der Waals surface area contributed by atoms with Crippen LogP contribution < -0.4 is 16.0 Å². The van der Waals surface area contributed by atoms with Gasteiger partial charge in [0.15, 0.2) is 0 Å². The molecule has 1 fully saturated rings. The summed E-state index contributed by atoms with van der Waals surface area (Å²) in [5, 5.41) is 18.8. The van der Waals surface area contributed by atoms with Gasteiger partial charge in [-0.1, -0.05) is 85.7 Å². The van der Waals surface area contributed by atoms with E-state index in [0.717, 1.165) is 36.8 Å². The van der Waals surface area contributed by atoms with Gasteiger partial charge in [0.25, 0.3) is 0 Å². The van der Waals surface area contributed by atoms with Gasteiger partial charge in [0.1, 0.15) is 13.2 Å². The number of aliphatic hydroxyl groups excluding tert-OH is 1. The number of alkyl carbamates (subject to hydrolysis) is 1. The molecule has 3 amide bonds. The van der Waals surface area contributed by atoms with Gasteiger partial charge < -0.3 is 30.5 Å². The Hall–Kier alpha value is -4.18. The fraction of sp³-hybridized carbons (Fsp3) is 0.514. The van der Waals surface area contributed by atoms with Crippen LogP contribution in [0, 0.1) is 11.8 Å². The average molecular weight is 648 g/mol. The molecule has 3 atom stereocenters. The van der Waals surface area contributed by atoms with Crippen molar-refractivity contribution in [2.45, 2.75) is 88.8 Å². The molecule has 2 aliphatic rings. The van der Waals surface area contributed by atoms with E-state index in [1.54, 1.807) is 0 Å². The highest BCUT2D eigenvalue weighted by Crippen LogP contribution is 2.29. The third kappa shape index (κ3) is 12.2. The minimum atomic E-state index is -0.616. The summed E-state index contributed by atoms with van der Waals surface area (Å²) >= 11 is 0. The maximum atomic E-state index is 13.5. The Kier molecular flexibility index (Phi) is 14.3. The molecular weight excluding hydrogens is 598 g/mol. The standard InChI is InChI=1S/C37H49N3O7/c41-27-37(20-10-11-21-37)40-33(42)24-30-17-7-8-18-31(23-28-13-3-1-4-14-28)35(44)46-26-32(39-34(30)43)19-9-12-22-38-36(45)47-25-29-15-5-2-6-16-29/h1-8,13-16,30-32,41H,9-12,17-27H2,(H,38,45)(H,39,43)(H,40,42). The van der Waals surface area contributed by atoms with E-state index >= 15 is 0 Å². The second-order valence-corrected chi connectivity index (χ2v) is 12.7. The minimum Gasteiger partial charge on any atom is -0.463 e. The van der Waals surface area contributed by atoms with E-state index in [4.69, 9.17) is 9.47 Å². The van der Waals surface area contributed by atoms with Crippen LogP contribution in [0.15, 0.2) is 72.8 Å². The molecule has 1 heterocycles. The molecule has 10 nitrogen and oxygen atoms in total. The number of hydrogen-bond acceptors (Lipinski definition) is 7. The molecule has 10 heteroatoms. The van der Waals surface area contributed by atoms with Gasteiger partial charge in [-0.3, -0.25) is 14.4 Å². The minimum absolute atomic E-state index is 0.00706. The van der Waals surface area contributed by atoms with Gasteiger partial charge in [-0.25, -0.2) is 4.79 Å². The fourth-order valence-electron chi connectivity index (χ4n) is 6.21. The molecule has 1 aliphatic heterocycles. The lowest BCUT2D eigenvalue weighted by molar-refractivity contribution is -0.150. The first-order valence-corrected chi connectivity index (χ1v) is 16.9. The van der Waals surface area contributed by atoms with Gasteiger partial charge in [0.05, 0.1) is 30.0 Å². The Morgan fingerprint density at radius 1 is 0.915 bits per heavy atom. The molecular formula is C37H49N3O7. The number of esters is 1. The van der Waals surface area contributed by atoms with Crippen molar-refractivity contribution >= 4 is 23.9 Å². The second-order valence-electron chi connectivity index (χ2n) is 12.7. The first-order valence-electron chi connectivity index (χ1n) is 16.9. The molecule has 0 radical (unpaired) electrons. The Bertz CT molecular complexity index is 1310. The third-order valence-corrected chi connectivity index (χ3v) is 8.97. The lowest BCUT2D eigenvalue weighted by atomic mass is 9.93. The number of rotatable bonds is 13. The van der Waals surface area contributed by atoms with Crippen molar-refractivity contribution in [2.24, 2.45) is 11.8 Å². The normalized spacial score (nSPS) is 21.4. The van der Waals surface area contributed by atoms with Crippen LogP contribution in [0.25, 0.3) is 0 Å². The van der Waals surface area contributed by atoms with Gasteiger partial charge in [-0.2, -0.15) is 0 Å². The van der Waals surface area contributed by atoms with Crippen LogP contribution in [0.5, 0.6) is 0 Å². The Morgan fingerprint density at radius 3 is 2.26 bits per heavy atom. The topological polar surface area (TPSA) is 143 Å². The zero-order valence-electron chi connectivity index (χ0n) is 27.2. The van der Waals surface area contributed by atoms with Crippen LogP contribution in [-0.4, -0.2) is 60.3 Å². The first kappa shape index (κ1) is 35.7. The number of allylic oxidation sites excluding steroid dienone is 2. The van der Waals surface area contributed by atoms with Gasteiger partial charge >= 0.3 is 12.1 Å². The summed E-state index contributed by atoms with van der Waals surface area (Å²) in [5.74, 6) is -1.85. The summed E-state index contributed by atoms with van der Waals surface area (Å²) < 4.78 is 11.0. The molecule has 0 aromatic heterocycles. The van der Waals surface area contributed by atoms with Crippen molar-refractivity contribution in [2.75, 3.05) is 19.8 Å². The summed E-state index contributed by atoms with van der Waals surface area (Å²) in [6.07, 6.45) is 9.75. The van der Waals surface area contributed by atoms with E-state index in [0.29, 0.717) is 45.1 Å². The lowest BCUT2D eigenvalue weighted by Crippen LogP contribution is -2.50. The van der Waals surface area contributed by atoms with Crippen molar-refractivity contribution in [3.8, 4) is 0 Å². The molecule has 254 valence electrons. The van der Waals surface area contributed by atoms with Crippen LogP contribution >= 0.6 is 0 Å². The van der Waals surface area contributed by atoms with Crippen LogP contribution in [0.2, 0.25) is 0 Å². The summed E-state index contributed by atoms with van der Waals surface area (Å²) in [6, 6.07) is 18.8. The molecule has 2 aromatic rings. The van der Waals surface area contributed by atoms with Crippen molar-refractivity contribution < 1.29 is 33.8 Å². The van der Waals surface area contributed by atoms with E-state index in [1.165, 1.54) is 0 Å². The molecule has 3 unspecified atom stereocenters. The van der Waals surface area contributed by atoms with Crippen LogP contribution in [0.3, 0.4) is 0 Å². The van der Waals surface area contributed by atoms with Gasteiger partial charge in [-0.15, -0.1) is 0 Å². The SMILES string of the molecule is O=C(CC1CC=CCC(Cc2ccccc2)C(=O)OCC(CCCCNC(=O)OCc2ccccc2)NC1=O)NC1(CO)CCCC1. The maximum absolute atomic E-state index is 13.5. The number of aliphatic hydroxyl groups is 1. The molecule has 1 saturated carbocycles. The number of carbonyl (C=O) groups excluding carboxylic acids is 4. The molecule has 2 aromatic carbocycles. The zero-order chi connectivity index (χ0) is 33.3. The molecule has 0 spiro atoms. The summed E-state index contributed by atoms with van der Waals surface area (Å²) in [4.78, 5) is 52.0. The Morgan fingerprint density at radius 2 is 1.57 bits per heavy atom.